The van der Waals surface area contributed by atoms with Crippen molar-refractivity contribution in [1.29, 1.82) is 0 Å². The highest BCUT2D eigenvalue weighted by atomic mass is 32.1. The highest BCUT2D eigenvalue weighted by Crippen LogP contribution is 2.32. The van der Waals surface area contributed by atoms with E-state index in [0.29, 0.717) is 17.0 Å². The number of fused-ring (bicyclic) bond motifs is 1. The van der Waals surface area contributed by atoms with E-state index >= 15 is 0 Å². The first kappa shape index (κ1) is 29.7. The quantitative estimate of drug-likeness (QED) is 0.278. The zero-order valence-electron chi connectivity index (χ0n) is 22.7. The van der Waals surface area contributed by atoms with Crippen molar-refractivity contribution >= 4 is 46.2 Å². The second-order valence-electron chi connectivity index (χ2n) is 9.08. The Bertz CT molecular complexity index is 1510. The van der Waals surface area contributed by atoms with Crippen LogP contribution >= 0.6 is 11.3 Å². The van der Waals surface area contributed by atoms with Crippen LogP contribution in [0.25, 0.3) is 22.2 Å². The van der Waals surface area contributed by atoms with Gasteiger partial charge in [-0.25, -0.2) is 4.98 Å². The topological polar surface area (TPSA) is 167 Å². The van der Waals surface area contributed by atoms with Crippen LogP contribution in [-0.4, -0.2) is 66.2 Å². The number of hydrogen-bond acceptors (Lipinski definition) is 14. The second-order valence-corrected chi connectivity index (χ2v) is 9.80. The molecule has 0 aliphatic carbocycles. The van der Waals surface area contributed by atoms with Gasteiger partial charge in [-0.2, -0.15) is 0 Å². The Morgan fingerprint density at radius 3 is 2.20 bits per heavy atom. The number of rotatable bonds is 8. The standard InChI is InChI=1S/C27H27NO12S/c1-12-22(19-10-41-11-28-19)23(33)18-7-6-17(8-20(18)35-12)39-27-26(38-16(5)32)25(37-15(4)31)24(36-14(3)30)21(40-27)9-34-13(2)29/h6-8,10-11,21,24-27H,9H2,1-5H3/t21-,24+,25+,26-,27+/m0/s1. The van der Waals surface area contributed by atoms with Gasteiger partial charge in [0.1, 0.15) is 29.8 Å². The summed E-state index contributed by atoms with van der Waals surface area (Å²) >= 11 is 1.35. The third-order valence-electron chi connectivity index (χ3n) is 5.93. The molecule has 0 bridgehead atoms. The molecule has 218 valence electrons. The van der Waals surface area contributed by atoms with Gasteiger partial charge in [-0.1, -0.05) is 0 Å². The van der Waals surface area contributed by atoms with Gasteiger partial charge >= 0.3 is 23.9 Å². The van der Waals surface area contributed by atoms with E-state index in [1.165, 1.54) is 36.5 Å². The van der Waals surface area contributed by atoms with Crippen molar-refractivity contribution in [2.24, 2.45) is 0 Å². The monoisotopic (exact) mass is 589 g/mol. The first-order valence-electron chi connectivity index (χ1n) is 12.4. The number of benzene rings is 1. The van der Waals surface area contributed by atoms with Gasteiger partial charge < -0.3 is 32.8 Å². The van der Waals surface area contributed by atoms with E-state index in [4.69, 9.17) is 32.8 Å². The zero-order chi connectivity index (χ0) is 29.8. The second kappa shape index (κ2) is 12.5. The molecule has 0 saturated carbocycles. The van der Waals surface area contributed by atoms with Crippen LogP contribution in [0, 0.1) is 6.92 Å². The Hall–Kier alpha value is -4.30. The SMILES string of the molecule is CC(=O)OC[C@@H]1O[C@@H](Oc2ccc3c(=O)c(-c4cscn4)c(C)oc3c2)[C@@H](OC(C)=O)[C@H](OC(C)=O)[C@@H]1OC(C)=O. The molecule has 0 radical (unpaired) electrons. The summed E-state index contributed by atoms with van der Waals surface area (Å²) in [6.07, 6.45) is -6.73. The van der Waals surface area contributed by atoms with Gasteiger partial charge in [0.2, 0.25) is 17.8 Å². The minimum absolute atomic E-state index is 0.141. The van der Waals surface area contributed by atoms with Gasteiger partial charge in [-0.15, -0.1) is 11.3 Å². The van der Waals surface area contributed by atoms with Crippen LogP contribution in [0.2, 0.25) is 0 Å². The molecule has 0 spiro atoms. The fourth-order valence-electron chi connectivity index (χ4n) is 4.41. The fourth-order valence-corrected chi connectivity index (χ4v) is 4.95. The van der Waals surface area contributed by atoms with Crippen molar-refractivity contribution in [3.63, 3.8) is 0 Å². The Morgan fingerprint density at radius 2 is 1.59 bits per heavy atom. The smallest absolute Gasteiger partial charge is 0.303 e. The lowest BCUT2D eigenvalue weighted by Crippen LogP contribution is -2.63. The van der Waals surface area contributed by atoms with Crippen molar-refractivity contribution in [2.75, 3.05) is 6.61 Å². The molecular weight excluding hydrogens is 562 g/mol. The highest BCUT2D eigenvalue weighted by molar-refractivity contribution is 7.07. The third-order valence-corrected chi connectivity index (χ3v) is 6.52. The molecule has 13 nitrogen and oxygen atoms in total. The minimum Gasteiger partial charge on any atom is -0.463 e. The molecule has 14 heteroatoms. The zero-order valence-corrected chi connectivity index (χ0v) is 23.6. The van der Waals surface area contributed by atoms with Gasteiger partial charge in [0.05, 0.1) is 22.2 Å². The molecule has 0 amide bonds. The minimum atomic E-state index is -1.44. The van der Waals surface area contributed by atoms with Crippen LogP contribution in [0.5, 0.6) is 5.75 Å². The molecular formula is C27H27NO12S. The first-order chi connectivity index (χ1) is 19.4. The van der Waals surface area contributed by atoms with E-state index in [2.05, 4.69) is 4.98 Å². The van der Waals surface area contributed by atoms with Gasteiger partial charge in [0.15, 0.2) is 12.2 Å². The lowest BCUT2D eigenvalue weighted by Gasteiger charge is -2.43. The summed E-state index contributed by atoms with van der Waals surface area (Å²) in [6, 6.07) is 4.42. The number of aromatic nitrogens is 1. The lowest BCUT2D eigenvalue weighted by molar-refractivity contribution is -0.288. The van der Waals surface area contributed by atoms with Crippen LogP contribution in [0.1, 0.15) is 33.5 Å². The predicted octanol–water partition coefficient (Wildman–Crippen LogP) is 2.69. The van der Waals surface area contributed by atoms with Gasteiger partial charge in [-0.3, -0.25) is 24.0 Å². The van der Waals surface area contributed by atoms with E-state index in [-0.39, 0.29) is 22.1 Å². The molecule has 3 heterocycles. The predicted molar refractivity (Wildman–Crippen MR) is 141 cm³/mol. The van der Waals surface area contributed by atoms with Crippen molar-refractivity contribution in [1.82, 2.24) is 4.98 Å². The molecule has 1 aliphatic rings. The first-order valence-corrected chi connectivity index (χ1v) is 13.3. The van der Waals surface area contributed by atoms with Crippen LogP contribution in [0.4, 0.5) is 0 Å². The summed E-state index contributed by atoms with van der Waals surface area (Å²) in [4.78, 5) is 64.9. The maximum Gasteiger partial charge on any atom is 0.303 e. The number of carbonyl (C=O) groups is 4. The third kappa shape index (κ3) is 6.89. The Kier molecular flexibility index (Phi) is 9.03. The molecule has 2 aromatic heterocycles. The molecule has 0 unspecified atom stereocenters. The Morgan fingerprint density at radius 1 is 0.927 bits per heavy atom. The molecule has 1 aromatic carbocycles. The van der Waals surface area contributed by atoms with Crippen molar-refractivity contribution in [2.45, 2.75) is 65.3 Å². The normalized spacial score (nSPS) is 22.0. The van der Waals surface area contributed by atoms with E-state index in [1.54, 1.807) is 17.8 Å². The molecule has 1 saturated heterocycles. The van der Waals surface area contributed by atoms with Crippen LogP contribution < -0.4 is 10.2 Å². The summed E-state index contributed by atoms with van der Waals surface area (Å²) < 4.78 is 39.1. The van der Waals surface area contributed by atoms with E-state index in [0.717, 1.165) is 20.8 Å². The number of hydrogen-bond donors (Lipinski definition) is 0. The van der Waals surface area contributed by atoms with Crippen LogP contribution in [0.3, 0.4) is 0 Å². The van der Waals surface area contributed by atoms with Gasteiger partial charge in [-0.05, 0) is 19.1 Å². The van der Waals surface area contributed by atoms with Crippen molar-refractivity contribution in [3.8, 4) is 17.0 Å². The van der Waals surface area contributed by atoms with E-state index in [9.17, 15) is 24.0 Å². The molecule has 3 aromatic rings. The number of nitrogens with zero attached hydrogens (tertiary/aromatic N) is 1. The number of esters is 4. The Balaban J connectivity index is 1.73. The molecule has 5 atom stereocenters. The maximum absolute atomic E-state index is 13.2. The van der Waals surface area contributed by atoms with E-state index in [1.807, 2.05) is 0 Å². The Labute approximate surface area is 237 Å². The van der Waals surface area contributed by atoms with Crippen LogP contribution in [0.15, 0.2) is 38.3 Å². The number of aryl methyl sites for hydroxylation is 1. The summed E-state index contributed by atoms with van der Waals surface area (Å²) in [7, 11) is 0. The van der Waals surface area contributed by atoms with Gasteiger partial charge in [0.25, 0.3) is 0 Å². The van der Waals surface area contributed by atoms with Gasteiger partial charge in [0, 0.05) is 39.1 Å². The molecule has 1 fully saturated rings. The number of carbonyl (C=O) groups excluding carboxylic acids is 4. The number of ether oxygens (including phenoxy) is 6. The number of thiazole rings is 1. The average molecular weight is 590 g/mol. The highest BCUT2D eigenvalue weighted by Gasteiger charge is 2.53. The summed E-state index contributed by atoms with van der Waals surface area (Å²) in [5.74, 6) is -2.44. The largest absolute Gasteiger partial charge is 0.463 e. The molecule has 41 heavy (non-hydrogen) atoms. The summed E-state index contributed by atoms with van der Waals surface area (Å²) in [6.45, 7) is 5.79. The van der Waals surface area contributed by atoms with Crippen molar-refractivity contribution < 1.29 is 52.0 Å². The lowest BCUT2D eigenvalue weighted by atomic mass is 9.98. The van der Waals surface area contributed by atoms with Crippen molar-refractivity contribution in [3.05, 3.63) is 45.1 Å². The summed E-state index contributed by atoms with van der Waals surface area (Å²) in [5.41, 5.74) is 2.37. The fraction of sp³-hybridized carbons (Fsp3) is 0.407. The molecule has 1 aliphatic heterocycles. The summed E-state index contributed by atoms with van der Waals surface area (Å²) in [5, 5.41) is 2.01. The molecule has 4 rings (SSSR count). The van der Waals surface area contributed by atoms with E-state index < -0.39 is 61.2 Å². The molecule has 0 N–H and O–H groups in total. The maximum atomic E-state index is 13.2. The van der Waals surface area contributed by atoms with Crippen LogP contribution in [-0.2, 0) is 42.9 Å². The average Bonchev–Trinajstić information content (AvgIpc) is 3.40.